The molecule has 0 aliphatic heterocycles. The molecule has 1 aliphatic carbocycles. The van der Waals surface area contributed by atoms with Crippen molar-refractivity contribution in [3.63, 3.8) is 0 Å². The monoisotopic (exact) mass is 660 g/mol. The first-order valence-corrected chi connectivity index (χ1v) is 17.3. The van der Waals surface area contributed by atoms with E-state index in [0.717, 1.165) is 81.9 Å². The zero-order valence-corrected chi connectivity index (χ0v) is 28.7. The Hall–Kier alpha value is -4.07. The minimum absolute atomic E-state index is 0.00321. The molecule has 3 aromatic rings. The van der Waals surface area contributed by atoms with Crippen LogP contribution in [0.15, 0.2) is 48.5 Å². The zero-order valence-electron chi connectivity index (χ0n) is 28.7. The number of nitrogens with zero attached hydrogens (tertiary/aromatic N) is 4. The van der Waals surface area contributed by atoms with Crippen molar-refractivity contribution in [2.45, 2.75) is 90.3 Å². The largest absolute Gasteiger partial charge is 0.390 e. The Kier molecular flexibility index (Phi) is 13.3. The van der Waals surface area contributed by atoms with Gasteiger partial charge in [-0.2, -0.15) is 4.98 Å². The number of hydrogen-bond acceptors (Lipinski definition) is 7. The van der Waals surface area contributed by atoms with Gasteiger partial charge in [0.15, 0.2) is 0 Å². The van der Waals surface area contributed by atoms with Crippen LogP contribution < -0.4 is 20.4 Å². The summed E-state index contributed by atoms with van der Waals surface area (Å²) in [6, 6.07) is 11.8. The van der Waals surface area contributed by atoms with Crippen LogP contribution in [0.2, 0.25) is 0 Å². The van der Waals surface area contributed by atoms with Gasteiger partial charge in [-0.05, 0) is 80.3 Å². The standard InChI is InChI=1S/C38H50F2N6O2/c1-6-16-45(17-7-2)35-25-33(43-37(44-35)46(18-8-3)19-9-4)36(48)42-32(23-28-21-30(39)24-31(40)22-28)34(47)26-41-38(14-15-38)29-13-11-12-27(10-5)20-29/h5,11-13,20-22,24-25,32,34,41,47H,6-9,14-19,23,26H2,1-4H3,(H,42,48). The van der Waals surface area contributed by atoms with Gasteiger partial charge in [0, 0.05) is 56.0 Å². The highest BCUT2D eigenvalue weighted by atomic mass is 19.1. The summed E-state index contributed by atoms with van der Waals surface area (Å²) in [5.41, 5.74) is 1.96. The number of anilines is 2. The van der Waals surface area contributed by atoms with Crippen LogP contribution in [-0.2, 0) is 12.0 Å². The van der Waals surface area contributed by atoms with Gasteiger partial charge in [-0.3, -0.25) is 4.79 Å². The molecule has 1 aliphatic rings. The molecule has 0 spiro atoms. The fraction of sp³-hybridized carbons (Fsp3) is 0.500. The lowest BCUT2D eigenvalue weighted by atomic mass is 9.98. The maximum Gasteiger partial charge on any atom is 0.270 e. The van der Waals surface area contributed by atoms with E-state index < -0.39 is 29.7 Å². The maximum absolute atomic E-state index is 14.2. The molecule has 1 amide bonds. The third-order valence-electron chi connectivity index (χ3n) is 8.65. The van der Waals surface area contributed by atoms with E-state index in [2.05, 4.69) is 54.0 Å². The molecule has 1 fully saturated rings. The number of aliphatic hydroxyl groups is 1. The molecule has 1 aromatic heterocycles. The Morgan fingerprint density at radius 1 is 0.938 bits per heavy atom. The van der Waals surface area contributed by atoms with Crippen molar-refractivity contribution in [2.24, 2.45) is 0 Å². The third-order valence-corrected chi connectivity index (χ3v) is 8.65. The minimum atomic E-state index is -1.09. The molecule has 0 saturated heterocycles. The van der Waals surface area contributed by atoms with E-state index in [4.69, 9.17) is 16.4 Å². The lowest BCUT2D eigenvalue weighted by molar-refractivity contribution is 0.0817. The molecule has 4 rings (SSSR count). The highest BCUT2D eigenvalue weighted by Crippen LogP contribution is 2.45. The average Bonchev–Trinajstić information content (AvgIpc) is 3.87. The smallest absolute Gasteiger partial charge is 0.270 e. The SMILES string of the molecule is C#Cc1cccc(C2(NCC(O)C(Cc3cc(F)cc(F)c3)NC(=O)c3cc(N(CCC)CCC)nc(N(CCC)CCC)n3)CC2)c1. The van der Waals surface area contributed by atoms with Crippen molar-refractivity contribution in [3.8, 4) is 12.3 Å². The van der Waals surface area contributed by atoms with Crippen LogP contribution in [-0.4, -0.2) is 65.9 Å². The van der Waals surface area contributed by atoms with Crippen molar-refractivity contribution in [1.82, 2.24) is 20.6 Å². The molecular formula is C38H50F2N6O2. The quantitative estimate of drug-likeness (QED) is 0.137. The maximum atomic E-state index is 14.2. The van der Waals surface area contributed by atoms with E-state index in [1.807, 2.05) is 24.3 Å². The van der Waals surface area contributed by atoms with Crippen molar-refractivity contribution < 1.29 is 18.7 Å². The highest BCUT2D eigenvalue weighted by Gasteiger charge is 2.44. The Labute approximate surface area is 284 Å². The predicted molar refractivity (Wildman–Crippen MR) is 188 cm³/mol. The fourth-order valence-electron chi connectivity index (χ4n) is 6.12. The summed E-state index contributed by atoms with van der Waals surface area (Å²) in [7, 11) is 0. The lowest BCUT2D eigenvalue weighted by Crippen LogP contribution is -2.50. The molecule has 2 atom stereocenters. The van der Waals surface area contributed by atoms with Gasteiger partial charge in [0.2, 0.25) is 5.95 Å². The molecule has 48 heavy (non-hydrogen) atoms. The molecule has 1 heterocycles. The summed E-state index contributed by atoms with van der Waals surface area (Å²) < 4.78 is 28.4. The number of halogens is 2. The van der Waals surface area contributed by atoms with E-state index in [0.29, 0.717) is 17.3 Å². The molecule has 10 heteroatoms. The molecule has 3 N–H and O–H groups in total. The van der Waals surface area contributed by atoms with Crippen LogP contribution in [0.4, 0.5) is 20.5 Å². The fourth-order valence-corrected chi connectivity index (χ4v) is 6.12. The number of nitrogens with one attached hydrogen (secondary N) is 2. The van der Waals surface area contributed by atoms with Crippen molar-refractivity contribution in [1.29, 1.82) is 0 Å². The van der Waals surface area contributed by atoms with E-state index >= 15 is 0 Å². The van der Waals surface area contributed by atoms with Crippen LogP contribution in [0, 0.1) is 24.0 Å². The van der Waals surface area contributed by atoms with E-state index in [1.165, 1.54) is 12.1 Å². The molecule has 0 bridgehead atoms. The van der Waals surface area contributed by atoms with Gasteiger partial charge in [0.1, 0.15) is 23.1 Å². The normalized spacial score (nSPS) is 14.5. The topological polar surface area (TPSA) is 93.6 Å². The van der Waals surface area contributed by atoms with Crippen LogP contribution in [0.3, 0.4) is 0 Å². The number of terminal acetylenes is 1. The molecule has 0 radical (unpaired) electrons. The van der Waals surface area contributed by atoms with Gasteiger partial charge in [0.05, 0.1) is 12.1 Å². The second-order valence-corrected chi connectivity index (χ2v) is 12.7. The Balaban J connectivity index is 1.64. The van der Waals surface area contributed by atoms with Crippen LogP contribution in [0.1, 0.15) is 93.4 Å². The van der Waals surface area contributed by atoms with Gasteiger partial charge in [-0.1, -0.05) is 45.7 Å². The Bertz CT molecular complexity index is 1490. The molecule has 8 nitrogen and oxygen atoms in total. The number of aliphatic hydroxyl groups excluding tert-OH is 1. The summed E-state index contributed by atoms with van der Waals surface area (Å²) in [5.74, 6) is 1.87. The van der Waals surface area contributed by atoms with E-state index in [-0.39, 0.29) is 24.2 Å². The van der Waals surface area contributed by atoms with E-state index in [1.54, 1.807) is 6.07 Å². The van der Waals surface area contributed by atoms with Crippen molar-refractivity contribution in [2.75, 3.05) is 42.5 Å². The van der Waals surface area contributed by atoms with Gasteiger partial charge in [-0.15, -0.1) is 6.42 Å². The number of amides is 1. The lowest BCUT2D eigenvalue weighted by Gasteiger charge is -2.28. The molecule has 2 unspecified atom stereocenters. The second-order valence-electron chi connectivity index (χ2n) is 12.7. The number of hydrogen-bond donors (Lipinski definition) is 3. The Morgan fingerprint density at radius 3 is 2.15 bits per heavy atom. The predicted octanol–water partition coefficient (Wildman–Crippen LogP) is 5.97. The van der Waals surface area contributed by atoms with Crippen molar-refractivity contribution >= 4 is 17.7 Å². The van der Waals surface area contributed by atoms with Crippen LogP contribution in [0.25, 0.3) is 0 Å². The molecule has 2 aromatic carbocycles. The Morgan fingerprint density at radius 2 is 1.56 bits per heavy atom. The van der Waals surface area contributed by atoms with Gasteiger partial charge < -0.3 is 25.5 Å². The molecule has 1 saturated carbocycles. The minimum Gasteiger partial charge on any atom is -0.390 e. The third kappa shape index (κ3) is 9.74. The number of benzene rings is 2. The van der Waals surface area contributed by atoms with Crippen LogP contribution >= 0.6 is 0 Å². The molecule has 258 valence electrons. The average molecular weight is 661 g/mol. The summed E-state index contributed by atoms with van der Waals surface area (Å²) in [6.45, 7) is 11.5. The number of carbonyl (C=O) groups excluding carboxylic acids is 1. The van der Waals surface area contributed by atoms with Crippen LogP contribution in [0.5, 0.6) is 0 Å². The second kappa shape index (κ2) is 17.4. The first kappa shape index (κ1) is 36.8. The number of carbonyl (C=O) groups is 1. The summed E-state index contributed by atoms with van der Waals surface area (Å²) in [6.07, 6.45) is 9.87. The summed E-state index contributed by atoms with van der Waals surface area (Å²) in [4.78, 5) is 27.9. The summed E-state index contributed by atoms with van der Waals surface area (Å²) >= 11 is 0. The molecular weight excluding hydrogens is 610 g/mol. The van der Waals surface area contributed by atoms with Gasteiger partial charge >= 0.3 is 0 Å². The highest BCUT2D eigenvalue weighted by molar-refractivity contribution is 5.93. The first-order chi connectivity index (χ1) is 23.1. The first-order valence-electron chi connectivity index (χ1n) is 17.3. The number of rotatable bonds is 19. The van der Waals surface area contributed by atoms with Crippen molar-refractivity contribution in [3.05, 3.63) is 82.5 Å². The van der Waals surface area contributed by atoms with Gasteiger partial charge in [0.25, 0.3) is 5.91 Å². The summed E-state index contributed by atoms with van der Waals surface area (Å²) in [5, 5.41) is 18.0. The van der Waals surface area contributed by atoms with E-state index in [9.17, 15) is 18.7 Å². The number of aromatic nitrogens is 2. The zero-order chi connectivity index (χ0) is 34.7. The van der Waals surface area contributed by atoms with Gasteiger partial charge in [-0.25, -0.2) is 13.8 Å².